The topological polar surface area (TPSA) is 392 Å². The van der Waals surface area contributed by atoms with Crippen molar-refractivity contribution in [3.05, 3.63) is 131 Å². The van der Waals surface area contributed by atoms with Gasteiger partial charge < -0.3 is 66.7 Å². The lowest BCUT2D eigenvalue weighted by atomic mass is 9.39. The first-order valence-corrected chi connectivity index (χ1v) is 37.3. The van der Waals surface area contributed by atoms with Gasteiger partial charge in [0.15, 0.2) is 10.8 Å². The van der Waals surface area contributed by atoms with E-state index in [4.69, 9.17) is 25.3 Å². The minimum atomic E-state index is -1.25. The Kier molecular flexibility index (Phi) is 24.4. The molecule has 4 bridgehead atoms. The lowest BCUT2D eigenvalue weighted by Crippen LogP contribution is -2.64. The number of aliphatic hydroxyl groups excluding tert-OH is 3. The number of nitrogens with zero attached hydrogens (tertiary/aromatic N) is 7. The molecule has 28 nitrogen and oxygen atoms in total. The molecule has 4 saturated carbocycles. The van der Waals surface area contributed by atoms with Gasteiger partial charge in [-0.2, -0.15) is 5.10 Å². The van der Waals surface area contributed by atoms with Gasteiger partial charge in [-0.25, -0.2) is 24.4 Å². The predicted molar refractivity (Wildman–Crippen MR) is 396 cm³/mol. The SMILES string of the molecule is Cc1c(-c2ccc(N3CCc4cccc(C(=O)Nc5nc6ccccc6s5)c4C3)nc2C(=O)O)cnn1CC12CC3(C)CC(C)(C1)CC(OCCN(CC[C@@H](O)[C@H](O)CCO)C(=O)OCc1ccc(NC(=O)[C@@H](CCCNC(N)=O)NC(=O)C(NC(=O)CCCCCN4C(=O)C=CC4=O)C(C)C)cc1)(C3)C2. The van der Waals surface area contributed by atoms with E-state index in [-0.39, 0.29) is 130 Å². The Morgan fingerprint density at radius 3 is 2.22 bits per heavy atom. The highest BCUT2D eigenvalue weighted by Crippen LogP contribution is 2.72. The summed E-state index contributed by atoms with van der Waals surface area (Å²) in [6, 6.07) is 20.7. The van der Waals surface area contributed by atoms with Gasteiger partial charge in [-0.15, -0.1) is 0 Å². The number of carboxylic acid groups (broad SMARTS) is 1. The number of anilines is 3. The molecule has 5 heterocycles. The van der Waals surface area contributed by atoms with Crippen molar-refractivity contribution in [2.45, 2.75) is 181 Å². The summed E-state index contributed by atoms with van der Waals surface area (Å²) in [4.78, 5) is 131. The smallest absolute Gasteiger partial charge is 0.410 e. The molecule has 0 spiro atoms. The van der Waals surface area contributed by atoms with E-state index in [0.717, 1.165) is 64.0 Å². The molecule has 9 amide bonds. The summed E-state index contributed by atoms with van der Waals surface area (Å²) in [5.74, 6) is -3.68. The molecule has 4 aliphatic carbocycles. The van der Waals surface area contributed by atoms with E-state index in [1.807, 2.05) is 59.0 Å². The van der Waals surface area contributed by atoms with E-state index < -0.39 is 59.8 Å². The van der Waals surface area contributed by atoms with Crippen molar-refractivity contribution < 1.29 is 73.1 Å². The maximum Gasteiger partial charge on any atom is 0.410 e. The van der Waals surface area contributed by atoms with E-state index >= 15 is 0 Å². The number of urea groups is 1. The van der Waals surface area contributed by atoms with Gasteiger partial charge in [-0.3, -0.25) is 43.7 Å². The second kappa shape index (κ2) is 33.4. The molecule has 3 unspecified atom stereocenters. The summed E-state index contributed by atoms with van der Waals surface area (Å²) in [5, 5.41) is 61.1. The molecule has 6 aliphatic rings. The lowest BCUT2D eigenvalue weighted by molar-refractivity contribution is -0.248. The fourth-order valence-corrected chi connectivity index (χ4v) is 18.1. The number of imide groups is 1. The van der Waals surface area contributed by atoms with E-state index in [1.54, 1.807) is 56.4 Å². The lowest BCUT2D eigenvalue weighted by Gasteiger charge is -2.69. The summed E-state index contributed by atoms with van der Waals surface area (Å²) >= 11 is 1.40. The number of carboxylic acids is 1. The molecule has 6 aromatic rings. The quantitative estimate of drug-likeness (QED) is 0.0132. The van der Waals surface area contributed by atoms with Crippen LogP contribution in [-0.4, -0.2) is 179 Å². The van der Waals surface area contributed by atoms with Gasteiger partial charge in [0.1, 0.15) is 24.5 Å². The summed E-state index contributed by atoms with van der Waals surface area (Å²) in [5.41, 5.74) is 10.2. The van der Waals surface area contributed by atoms with Crippen LogP contribution in [0.1, 0.15) is 161 Å². The average Bonchev–Trinajstić information content (AvgIpc) is 0.721. The number of aromatic nitrogens is 4. The van der Waals surface area contributed by atoms with Gasteiger partial charge in [-0.1, -0.05) is 81.9 Å². The number of unbranched alkanes of at least 4 members (excludes halogenated alkanes) is 2. The monoisotopic (exact) mass is 1480 g/mol. The molecule has 566 valence electrons. The number of ether oxygens (including phenoxy) is 2. The Morgan fingerprint density at radius 1 is 0.774 bits per heavy atom. The van der Waals surface area contributed by atoms with Crippen LogP contribution >= 0.6 is 11.3 Å². The van der Waals surface area contributed by atoms with Crippen LogP contribution in [0.15, 0.2) is 97.2 Å². The highest BCUT2D eigenvalue weighted by molar-refractivity contribution is 7.22. The number of aromatic carboxylic acids is 1. The fraction of sp³-hybridized carbons (Fsp3) is 0.506. The van der Waals surface area contributed by atoms with Gasteiger partial charge >= 0.3 is 18.1 Å². The molecule has 6 atom stereocenters. The molecule has 11 N–H and O–H groups in total. The number of nitrogens with one attached hydrogen (secondary N) is 5. The Morgan fingerprint density at radius 2 is 1.51 bits per heavy atom. The van der Waals surface area contributed by atoms with Crippen LogP contribution in [0.5, 0.6) is 0 Å². The highest BCUT2D eigenvalue weighted by atomic mass is 32.1. The normalized spacial score (nSPS) is 21.1. The van der Waals surface area contributed by atoms with Crippen LogP contribution in [0.25, 0.3) is 21.3 Å². The number of amides is 9. The van der Waals surface area contributed by atoms with Crippen molar-refractivity contribution in [3.63, 3.8) is 0 Å². The van der Waals surface area contributed by atoms with Crippen molar-refractivity contribution in [1.82, 2.24) is 45.5 Å². The predicted octanol–water partition coefficient (Wildman–Crippen LogP) is 8.14. The third-order valence-electron chi connectivity index (χ3n) is 21.2. The van der Waals surface area contributed by atoms with E-state index in [2.05, 4.69) is 45.4 Å². The number of pyridine rings is 1. The number of hydrogen-bond acceptors (Lipinski definition) is 19. The zero-order valence-corrected chi connectivity index (χ0v) is 61.5. The number of fused-ring (bicyclic) bond motifs is 2. The van der Waals surface area contributed by atoms with Crippen molar-refractivity contribution >= 4 is 91.7 Å². The number of benzene rings is 3. The van der Waals surface area contributed by atoms with Crippen LogP contribution in [0.3, 0.4) is 0 Å². The molecule has 3 aromatic heterocycles. The zero-order chi connectivity index (χ0) is 75.7. The van der Waals surface area contributed by atoms with Gasteiger partial charge in [0.25, 0.3) is 17.7 Å². The summed E-state index contributed by atoms with van der Waals surface area (Å²) in [6.45, 7) is 11.6. The number of hydrogen-bond donors (Lipinski definition) is 10. The van der Waals surface area contributed by atoms with Gasteiger partial charge in [-0.05, 0) is 172 Å². The number of carbonyl (C=O) groups is 9. The number of carbonyl (C=O) groups excluding carboxylic acids is 8. The van der Waals surface area contributed by atoms with Crippen molar-refractivity contribution in [2.75, 3.05) is 61.5 Å². The Hall–Kier alpha value is -9.68. The molecular formula is C77H97N13O15S. The minimum Gasteiger partial charge on any atom is -0.476 e. The van der Waals surface area contributed by atoms with Crippen LogP contribution < -0.4 is 37.2 Å². The third kappa shape index (κ3) is 18.7. The molecule has 0 saturated heterocycles. The molecule has 0 radical (unpaired) electrons. The number of aliphatic hydroxyl groups is 3. The first-order chi connectivity index (χ1) is 50.6. The van der Waals surface area contributed by atoms with Crippen molar-refractivity contribution in [1.29, 1.82) is 0 Å². The zero-order valence-electron chi connectivity index (χ0n) is 60.7. The fourth-order valence-electron chi connectivity index (χ4n) is 17.3. The Labute approximate surface area is 619 Å². The number of para-hydroxylation sites is 1. The standard InChI is InChI=1S/C77H97N13O15S/c1-47(2)65(85-62(94)18-7-6-10-31-89-63(95)25-26-64(89)96)69(99)82-57(16-12-30-79-71(78)102)68(98)81-51-21-19-49(20-22-51)39-104-73(103)87(33-28-58(92)59(93)29-35-91)34-36-105-77-43-74(4)40-75(5,44-77)42-76(41-74,45-77)46-90-48(3)54(37-80-90)52-23-24-61(84-66(52)70(100)101)88-32-27-50-13-11-14-53(55(50)38-88)67(97)86-72-83-56-15-8-9-17-60(56)106-72/h8-9,11,13-15,17,19-26,37,47,57-59,65,91-93H,6-7,10,12,16,18,27-36,38-46H2,1-5H3,(H,81,98)(H,82,99)(H,85,94)(H,100,101)(H3,78,79,102)(H,83,86,97)/t57-,58-,59-,65?,74?,75?,76?,77?/m1/s1. The summed E-state index contributed by atoms with van der Waals surface area (Å²) in [7, 11) is 0. The number of thiazole rings is 1. The maximum atomic E-state index is 14.2. The number of primary amides is 1. The minimum absolute atomic E-state index is 0.0135. The van der Waals surface area contributed by atoms with E-state index in [1.165, 1.54) is 28.4 Å². The maximum absolute atomic E-state index is 14.2. The van der Waals surface area contributed by atoms with Crippen molar-refractivity contribution in [2.24, 2.45) is 27.9 Å². The largest absolute Gasteiger partial charge is 0.476 e. The molecule has 29 heteroatoms. The molecule has 106 heavy (non-hydrogen) atoms. The van der Waals surface area contributed by atoms with Crippen LogP contribution in [0, 0.1) is 29.1 Å². The number of rotatable bonds is 35. The molecular weight excluding hydrogens is 1380 g/mol. The molecule has 3 aromatic carbocycles. The van der Waals surface area contributed by atoms with E-state index in [9.17, 15) is 63.6 Å². The van der Waals surface area contributed by atoms with Crippen molar-refractivity contribution in [3.8, 4) is 11.1 Å². The second-order valence-electron chi connectivity index (χ2n) is 30.4. The number of nitrogens with two attached hydrogens (primary N) is 1. The molecule has 4 fully saturated rings. The summed E-state index contributed by atoms with van der Waals surface area (Å²) < 4.78 is 16.0. The van der Waals surface area contributed by atoms with Gasteiger partial charge in [0.2, 0.25) is 17.7 Å². The first kappa shape index (κ1) is 77.4. The summed E-state index contributed by atoms with van der Waals surface area (Å²) in [6.07, 6.45) is 8.61. The van der Waals surface area contributed by atoms with Crippen LogP contribution in [0.4, 0.5) is 26.2 Å². The molecule has 12 rings (SSSR count). The third-order valence-corrected chi connectivity index (χ3v) is 22.2. The molecule has 2 aliphatic heterocycles. The van der Waals surface area contributed by atoms with Gasteiger partial charge in [0, 0.05) is 99.1 Å². The average molecular weight is 1480 g/mol. The van der Waals surface area contributed by atoms with E-state index in [0.29, 0.717) is 90.6 Å². The second-order valence-corrected chi connectivity index (χ2v) is 31.4. The highest BCUT2D eigenvalue weighted by Gasteiger charge is 2.66. The van der Waals surface area contributed by atoms with Crippen LogP contribution in [0.2, 0.25) is 0 Å². The van der Waals surface area contributed by atoms with Gasteiger partial charge in [0.05, 0.1) is 40.8 Å². The van der Waals surface area contributed by atoms with Crippen LogP contribution in [-0.2, 0) is 59.6 Å². The Bertz CT molecular complexity index is 4220. The Balaban J connectivity index is 0.711. The first-order valence-electron chi connectivity index (χ1n) is 36.5.